The van der Waals surface area contributed by atoms with Gasteiger partial charge >= 0.3 is 0 Å². The smallest absolute Gasteiger partial charge is 0.0236 e. The number of benzene rings is 1. The Morgan fingerprint density at radius 3 is 2.32 bits per heavy atom. The lowest BCUT2D eigenvalue weighted by molar-refractivity contribution is 0.255. The fourth-order valence-corrected chi connectivity index (χ4v) is 2.52. The van der Waals surface area contributed by atoms with E-state index in [0.29, 0.717) is 0 Å². The molecule has 1 aromatic rings. The number of nitrogens with one attached hydrogen (secondary N) is 1. The maximum absolute atomic E-state index is 3.45. The molecule has 0 aromatic heterocycles. The highest BCUT2D eigenvalue weighted by atomic mass is 15.2. The third kappa shape index (κ3) is 4.96. The molecule has 1 aliphatic carbocycles. The first kappa shape index (κ1) is 14.5. The molecule has 2 heteroatoms. The van der Waals surface area contributed by atoms with E-state index in [-0.39, 0.29) is 0 Å². The molecule has 106 valence electrons. The maximum Gasteiger partial charge on any atom is 0.0236 e. The van der Waals surface area contributed by atoms with Crippen LogP contribution in [0.2, 0.25) is 0 Å². The molecule has 1 aromatic carbocycles. The molecule has 1 saturated carbocycles. The van der Waals surface area contributed by atoms with Crippen molar-refractivity contribution < 1.29 is 0 Å². The molecule has 0 amide bonds. The predicted octanol–water partition coefficient (Wildman–Crippen LogP) is 3.56. The molecule has 0 heterocycles. The molecule has 0 saturated heterocycles. The van der Waals surface area contributed by atoms with Gasteiger partial charge in [-0.25, -0.2) is 0 Å². The minimum atomic E-state index is 0.867. The Bertz CT molecular complexity index is 354. The lowest BCUT2D eigenvalue weighted by Crippen LogP contribution is -2.26. The van der Waals surface area contributed by atoms with Crippen LogP contribution in [0.4, 0.5) is 0 Å². The molecule has 0 atom stereocenters. The Morgan fingerprint density at radius 2 is 1.74 bits per heavy atom. The van der Waals surface area contributed by atoms with Crippen LogP contribution in [0.5, 0.6) is 0 Å². The van der Waals surface area contributed by atoms with E-state index in [2.05, 4.69) is 48.3 Å². The van der Waals surface area contributed by atoms with E-state index in [1.54, 1.807) is 0 Å². The summed E-state index contributed by atoms with van der Waals surface area (Å²) in [6, 6.07) is 10.0. The molecule has 1 fully saturated rings. The van der Waals surface area contributed by atoms with Crippen molar-refractivity contribution in [3.63, 3.8) is 0 Å². The van der Waals surface area contributed by atoms with E-state index in [4.69, 9.17) is 0 Å². The van der Waals surface area contributed by atoms with Crippen molar-refractivity contribution in [2.75, 3.05) is 13.1 Å². The zero-order valence-electron chi connectivity index (χ0n) is 12.5. The lowest BCUT2D eigenvalue weighted by Gasteiger charge is -2.21. The molecule has 19 heavy (non-hydrogen) atoms. The highest BCUT2D eigenvalue weighted by Crippen LogP contribution is 2.28. The first-order valence-electron chi connectivity index (χ1n) is 7.86. The Morgan fingerprint density at radius 1 is 1.05 bits per heavy atom. The summed E-state index contributed by atoms with van der Waals surface area (Å²) in [5, 5.41) is 3.45. The van der Waals surface area contributed by atoms with Crippen molar-refractivity contribution in [2.45, 2.75) is 58.7 Å². The van der Waals surface area contributed by atoms with Crippen LogP contribution in [0.1, 0.15) is 50.7 Å². The van der Waals surface area contributed by atoms with Gasteiger partial charge in [-0.15, -0.1) is 0 Å². The fraction of sp³-hybridized carbons (Fsp3) is 0.647. The fourth-order valence-electron chi connectivity index (χ4n) is 2.52. The van der Waals surface area contributed by atoms with Gasteiger partial charge in [0, 0.05) is 19.1 Å². The summed E-state index contributed by atoms with van der Waals surface area (Å²) in [5.74, 6) is 0. The molecule has 2 rings (SSSR count). The van der Waals surface area contributed by atoms with Crippen LogP contribution in [0.25, 0.3) is 0 Å². The third-order valence-electron chi connectivity index (χ3n) is 3.74. The Kier molecular flexibility index (Phi) is 5.87. The summed E-state index contributed by atoms with van der Waals surface area (Å²) in [7, 11) is 0. The molecular formula is C17H28N2. The summed E-state index contributed by atoms with van der Waals surface area (Å²) < 4.78 is 0. The van der Waals surface area contributed by atoms with Gasteiger partial charge in [0.05, 0.1) is 0 Å². The van der Waals surface area contributed by atoms with Crippen molar-refractivity contribution in [1.29, 1.82) is 0 Å². The molecular weight excluding hydrogens is 232 g/mol. The first-order valence-corrected chi connectivity index (χ1v) is 7.86. The molecule has 1 N–H and O–H groups in total. The SMILES string of the molecule is CCCNCc1ccc(CN(CCC)C2CC2)cc1. The van der Waals surface area contributed by atoms with Gasteiger partial charge in [-0.1, -0.05) is 38.1 Å². The molecule has 2 nitrogen and oxygen atoms in total. The Labute approximate surface area is 118 Å². The average Bonchev–Trinajstić information content (AvgIpc) is 3.25. The lowest BCUT2D eigenvalue weighted by atomic mass is 10.1. The summed E-state index contributed by atoms with van der Waals surface area (Å²) in [6.45, 7) is 8.95. The quantitative estimate of drug-likeness (QED) is 0.683. The van der Waals surface area contributed by atoms with Crippen LogP contribution < -0.4 is 5.32 Å². The Hall–Kier alpha value is -0.860. The van der Waals surface area contributed by atoms with E-state index in [1.807, 2.05) is 0 Å². The highest BCUT2D eigenvalue weighted by molar-refractivity contribution is 5.22. The van der Waals surface area contributed by atoms with Crippen LogP contribution in [0.3, 0.4) is 0 Å². The number of hydrogen-bond acceptors (Lipinski definition) is 2. The van der Waals surface area contributed by atoms with Crippen LogP contribution in [0.15, 0.2) is 24.3 Å². The van der Waals surface area contributed by atoms with E-state index in [1.165, 1.54) is 43.4 Å². The second-order valence-electron chi connectivity index (χ2n) is 5.69. The molecule has 0 unspecified atom stereocenters. The topological polar surface area (TPSA) is 15.3 Å². The van der Waals surface area contributed by atoms with Gasteiger partial charge in [-0.05, 0) is 49.9 Å². The van der Waals surface area contributed by atoms with Crippen molar-refractivity contribution >= 4 is 0 Å². The Balaban J connectivity index is 1.83. The zero-order chi connectivity index (χ0) is 13.5. The van der Waals surface area contributed by atoms with E-state index in [0.717, 1.165) is 25.7 Å². The predicted molar refractivity (Wildman–Crippen MR) is 82.2 cm³/mol. The van der Waals surface area contributed by atoms with Crippen LogP contribution >= 0.6 is 0 Å². The summed E-state index contributed by atoms with van der Waals surface area (Å²) in [4.78, 5) is 2.64. The summed E-state index contributed by atoms with van der Waals surface area (Å²) in [6.07, 6.45) is 5.26. The maximum atomic E-state index is 3.45. The van der Waals surface area contributed by atoms with Gasteiger partial charge in [0.15, 0.2) is 0 Å². The number of hydrogen-bond donors (Lipinski definition) is 1. The number of rotatable bonds is 9. The molecule has 0 aliphatic heterocycles. The second-order valence-corrected chi connectivity index (χ2v) is 5.69. The minimum Gasteiger partial charge on any atom is -0.313 e. The summed E-state index contributed by atoms with van der Waals surface area (Å²) >= 11 is 0. The van der Waals surface area contributed by atoms with E-state index >= 15 is 0 Å². The van der Waals surface area contributed by atoms with E-state index < -0.39 is 0 Å². The summed E-state index contributed by atoms with van der Waals surface area (Å²) in [5.41, 5.74) is 2.85. The van der Waals surface area contributed by atoms with Gasteiger partial charge in [-0.3, -0.25) is 4.90 Å². The van der Waals surface area contributed by atoms with Crippen molar-refractivity contribution in [3.05, 3.63) is 35.4 Å². The van der Waals surface area contributed by atoms with Crippen molar-refractivity contribution in [2.24, 2.45) is 0 Å². The first-order chi connectivity index (χ1) is 9.33. The number of nitrogens with zero attached hydrogens (tertiary/aromatic N) is 1. The average molecular weight is 260 g/mol. The molecule has 0 spiro atoms. The van der Waals surface area contributed by atoms with Gasteiger partial charge in [0.1, 0.15) is 0 Å². The second kappa shape index (κ2) is 7.66. The molecule has 1 aliphatic rings. The van der Waals surface area contributed by atoms with Gasteiger partial charge in [0.25, 0.3) is 0 Å². The normalized spacial score (nSPS) is 15.1. The third-order valence-corrected chi connectivity index (χ3v) is 3.74. The van der Waals surface area contributed by atoms with Crippen LogP contribution in [-0.2, 0) is 13.1 Å². The van der Waals surface area contributed by atoms with Gasteiger partial charge < -0.3 is 5.32 Å². The molecule has 0 bridgehead atoms. The standard InChI is InChI=1S/C17H28N2/c1-3-11-18-13-15-5-7-16(8-6-15)14-19(12-4-2)17-9-10-17/h5-8,17-18H,3-4,9-14H2,1-2H3. The van der Waals surface area contributed by atoms with Crippen molar-refractivity contribution in [3.8, 4) is 0 Å². The van der Waals surface area contributed by atoms with Crippen molar-refractivity contribution in [1.82, 2.24) is 10.2 Å². The van der Waals surface area contributed by atoms with Crippen LogP contribution in [-0.4, -0.2) is 24.0 Å². The zero-order valence-corrected chi connectivity index (χ0v) is 12.5. The van der Waals surface area contributed by atoms with Gasteiger partial charge in [0.2, 0.25) is 0 Å². The van der Waals surface area contributed by atoms with E-state index in [9.17, 15) is 0 Å². The highest BCUT2D eigenvalue weighted by Gasteiger charge is 2.27. The largest absolute Gasteiger partial charge is 0.313 e. The van der Waals surface area contributed by atoms with Crippen LogP contribution in [0, 0.1) is 0 Å². The van der Waals surface area contributed by atoms with Gasteiger partial charge in [-0.2, -0.15) is 0 Å². The minimum absolute atomic E-state index is 0.867. The molecule has 0 radical (unpaired) electrons. The monoisotopic (exact) mass is 260 g/mol.